The molecule has 30 heavy (non-hydrogen) atoms. The summed E-state index contributed by atoms with van der Waals surface area (Å²) >= 11 is 0. The third kappa shape index (κ3) is 3.76. The van der Waals surface area contributed by atoms with E-state index in [-0.39, 0.29) is 5.91 Å². The molecule has 6 heteroatoms. The standard InChI is InChI=1S/C24H21N3O3/c28-23(26-24-20-6-2-4-8-22(20)27-30-24)17-10-13-19(14-11-17)29-15-18-12-9-16-5-1-3-7-21(16)25-18/h1,3,5,7,9-14H,2,4,6,8,15H2,(H,26,28). The number of carbonyl (C=O) groups excluding carboxylic acids is 1. The highest BCUT2D eigenvalue weighted by atomic mass is 16.5. The summed E-state index contributed by atoms with van der Waals surface area (Å²) in [5, 5.41) is 8.02. The van der Waals surface area contributed by atoms with Gasteiger partial charge in [0.2, 0.25) is 5.88 Å². The Hall–Kier alpha value is -3.67. The van der Waals surface area contributed by atoms with Gasteiger partial charge in [-0.2, -0.15) is 0 Å². The quantitative estimate of drug-likeness (QED) is 0.515. The first-order valence-electron chi connectivity index (χ1n) is 10.1. The van der Waals surface area contributed by atoms with Crippen LogP contribution in [0.15, 0.2) is 65.2 Å². The van der Waals surface area contributed by atoms with Crippen molar-refractivity contribution in [1.82, 2.24) is 10.1 Å². The van der Waals surface area contributed by atoms with Gasteiger partial charge in [0.15, 0.2) is 0 Å². The number of ether oxygens (including phenoxy) is 1. The van der Waals surface area contributed by atoms with Gasteiger partial charge in [0.05, 0.1) is 16.9 Å². The maximum atomic E-state index is 12.6. The van der Waals surface area contributed by atoms with E-state index in [0.29, 0.717) is 23.8 Å². The van der Waals surface area contributed by atoms with Crippen LogP contribution in [0.4, 0.5) is 5.88 Å². The Morgan fingerprint density at radius 3 is 2.73 bits per heavy atom. The van der Waals surface area contributed by atoms with Gasteiger partial charge >= 0.3 is 0 Å². The van der Waals surface area contributed by atoms with Crippen LogP contribution in [-0.2, 0) is 19.4 Å². The number of anilines is 1. The predicted molar refractivity (Wildman–Crippen MR) is 114 cm³/mol. The fourth-order valence-electron chi connectivity index (χ4n) is 3.71. The van der Waals surface area contributed by atoms with Crippen LogP contribution in [-0.4, -0.2) is 16.0 Å². The molecule has 2 aromatic heterocycles. The van der Waals surface area contributed by atoms with Gasteiger partial charge in [-0.15, -0.1) is 0 Å². The van der Waals surface area contributed by atoms with E-state index in [9.17, 15) is 4.79 Å². The fraction of sp³-hybridized carbons (Fsp3) is 0.208. The van der Waals surface area contributed by atoms with Crippen molar-refractivity contribution in [2.75, 3.05) is 5.32 Å². The highest BCUT2D eigenvalue weighted by Crippen LogP contribution is 2.28. The van der Waals surface area contributed by atoms with Crippen LogP contribution in [0.1, 0.15) is 40.2 Å². The van der Waals surface area contributed by atoms with Crippen LogP contribution in [0.25, 0.3) is 10.9 Å². The Kier molecular flexibility index (Phi) is 4.89. The van der Waals surface area contributed by atoms with Crippen molar-refractivity contribution in [2.24, 2.45) is 0 Å². The Labute approximate surface area is 173 Å². The first-order chi connectivity index (χ1) is 14.8. The second-order valence-electron chi connectivity index (χ2n) is 7.41. The molecule has 0 saturated heterocycles. The van der Waals surface area contributed by atoms with Crippen molar-refractivity contribution in [2.45, 2.75) is 32.3 Å². The highest BCUT2D eigenvalue weighted by Gasteiger charge is 2.21. The van der Waals surface area contributed by atoms with Crippen LogP contribution < -0.4 is 10.1 Å². The number of nitrogens with zero attached hydrogens (tertiary/aromatic N) is 2. The Balaban J connectivity index is 1.22. The lowest BCUT2D eigenvalue weighted by Crippen LogP contribution is -2.13. The van der Waals surface area contributed by atoms with Crippen molar-refractivity contribution in [3.8, 4) is 5.75 Å². The molecule has 0 fully saturated rings. The van der Waals surface area contributed by atoms with Crippen LogP contribution in [0, 0.1) is 0 Å². The summed E-state index contributed by atoms with van der Waals surface area (Å²) in [6.07, 6.45) is 4.01. The number of aryl methyl sites for hydroxylation is 1. The second kappa shape index (κ2) is 7.99. The van der Waals surface area contributed by atoms with Crippen molar-refractivity contribution in [1.29, 1.82) is 0 Å². The van der Waals surface area contributed by atoms with E-state index in [0.717, 1.165) is 53.5 Å². The van der Waals surface area contributed by atoms with E-state index >= 15 is 0 Å². The van der Waals surface area contributed by atoms with Gasteiger partial charge in [0.25, 0.3) is 5.91 Å². The number of benzene rings is 2. The normalized spacial score (nSPS) is 13.1. The van der Waals surface area contributed by atoms with Crippen LogP contribution in [0.2, 0.25) is 0 Å². The zero-order chi connectivity index (χ0) is 20.3. The number of amides is 1. The van der Waals surface area contributed by atoms with E-state index in [1.165, 1.54) is 0 Å². The van der Waals surface area contributed by atoms with Crippen molar-refractivity contribution in [3.05, 3.63) is 83.2 Å². The Morgan fingerprint density at radius 2 is 1.83 bits per heavy atom. The second-order valence-corrected chi connectivity index (χ2v) is 7.41. The van der Waals surface area contributed by atoms with Crippen molar-refractivity contribution in [3.63, 3.8) is 0 Å². The van der Waals surface area contributed by atoms with E-state index in [4.69, 9.17) is 9.26 Å². The monoisotopic (exact) mass is 399 g/mol. The summed E-state index contributed by atoms with van der Waals surface area (Å²) < 4.78 is 11.2. The minimum Gasteiger partial charge on any atom is -0.487 e. The topological polar surface area (TPSA) is 77.2 Å². The molecule has 0 saturated carbocycles. The molecule has 0 spiro atoms. The van der Waals surface area contributed by atoms with Gasteiger partial charge in [0.1, 0.15) is 12.4 Å². The Morgan fingerprint density at radius 1 is 1.00 bits per heavy atom. The maximum absolute atomic E-state index is 12.6. The molecule has 1 aliphatic carbocycles. The largest absolute Gasteiger partial charge is 0.487 e. The number of fused-ring (bicyclic) bond motifs is 2. The first kappa shape index (κ1) is 18.4. The molecular formula is C24H21N3O3. The lowest BCUT2D eigenvalue weighted by molar-refractivity contribution is 0.102. The number of pyridine rings is 1. The molecule has 1 amide bonds. The van der Waals surface area contributed by atoms with Gasteiger partial charge in [-0.05, 0) is 62.1 Å². The van der Waals surface area contributed by atoms with E-state index in [1.54, 1.807) is 24.3 Å². The molecule has 1 N–H and O–H groups in total. The van der Waals surface area contributed by atoms with Crippen molar-refractivity contribution >= 4 is 22.7 Å². The molecule has 5 rings (SSSR count). The summed E-state index contributed by atoms with van der Waals surface area (Å²) in [5.41, 5.74) is 4.32. The number of carbonyl (C=O) groups is 1. The summed E-state index contributed by atoms with van der Waals surface area (Å²) in [4.78, 5) is 17.2. The molecule has 0 atom stereocenters. The molecule has 0 radical (unpaired) electrons. The van der Waals surface area contributed by atoms with Crippen LogP contribution in [0.5, 0.6) is 5.75 Å². The lowest BCUT2D eigenvalue weighted by atomic mass is 9.97. The lowest BCUT2D eigenvalue weighted by Gasteiger charge is -2.10. The minimum atomic E-state index is -0.220. The third-order valence-corrected chi connectivity index (χ3v) is 5.35. The van der Waals surface area contributed by atoms with E-state index < -0.39 is 0 Å². The predicted octanol–water partition coefficient (Wildman–Crippen LogP) is 4.93. The summed E-state index contributed by atoms with van der Waals surface area (Å²) in [5.74, 6) is 0.929. The molecule has 0 aliphatic heterocycles. The van der Waals surface area contributed by atoms with Gasteiger partial charge < -0.3 is 9.26 Å². The zero-order valence-corrected chi connectivity index (χ0v) is 16.4. The summed E-state index contributed by atoms with van der Waals surface area (Å²) in [7, 11) is 0. The van der Waals surface area contributed by atoms with Gasteiger partial charge in [0, 0.05) is 16.5 Å². The Bertz CT molecular complexity index is 1200. The molecule has 0 bridgehead atoms. The zero-order valence-electron chi connectivity index (χ0n) is 16.4. The summed E-state index contributed by atoms with van der Waals surface area (Å²) in [6.45, 7) is 0.362. The number of hydrogen-bond donors (Lipinski definition) is 1. The van der Waals surface area contributed by atoms with Gasteiger partial charge in [-0.25, -0.2) is 4.98 Å². The minimum absolute atomic E-state index is 0.220. The number of para-hydroxylation sites is 1. The molecule has 6 nitrogen and oxygen atoms in total. The molecule has 1 aliphatic rings. The molecule has 0 unspecified atom stereocenters. The molecule has 2 aromatic carbocycles. The van der Waals surface area contributed by atoms with Gasteiger partial charge in [-0.3, -0.25) is 10.1 Å². The van der Waals surface area contributed by atoms with Crippen LogP contribution >= 0.6 is 0 Å². The molecule has 2 heterocycles. The highest BCUT2D eigenvalue weighted by molar-refractivity contribution is 6.04. The average Bonchev–Trinajstić information content (AvgIpc) is 3.20. The summed E-state index contributed by atoms with van der Waals surface area (Å²) in [6, 6.07) is 19.0. The number of aromatic nitrogens is 2. The smallest absolute Gasteiger partial charge is 0.258 e. The van der Waals surface area contributed by atoms with Crippen LogP contribution in [0.3, 0.4) is 0 Å². The first-order valence-corrected chi connectivity index (χ1v) is 10.1. The van der Waals surface area contributed by atoms with E-state index in [2.05, 4.69) is 15.5 Å². The number of hydrogen-bond acceptors (Lipinski definition) is 5. The SMILES string of the molecule is O=C(Nc1onc2c1CCCC2)c1ccc(OCc2ccc3ccccc3n2)cc1. The maximum Gasteiger partial charge on any atom is 0.258 e. The molecular weight excluding hydrogens is 378 g/mol. The molecule has 150 valence electrons. The third-order valence-electron chi connectivity index (χ3n) is 5.35. The van der Waals surface area contributed by atoms with E-state index in [1.807, 2.05) is 36.4 Å². The number of nitrogens with one attached hydrogen (secondary N) is 1. The van der Waals surface area contributed by atoms with Gasteiger partial charge in [-0.1, -0.05) is 29.4 Å². The van der Waals surface area contributed by atoms with Crippen molar-refractivity contribution < 1.29 is 14.1 Å². The number of rotatable bonds is 5. The molecule has 4 aromatic rings. The average molecular weight is 399 g/mol. The fourth-order valence-corrected chi connectivity index (χ4v) is 3.71.